The molecule has 2 aromatic rings. The summed E-state index contributed by atoms with van der Waals surface area (Å²) in [5.41, 5.74) is -1.89. The van der Waals surface area contributed by atoms with Crippen molar-refractivity contribution in [3.05, 3.63) is 69.7 Å². The van der Waals surface area contributed by atoms with E-state index >= 15 is 0 Å². The Morgan fingerprint density at radius 2 is 1.05 bits per heavy atom. The lowest BCUT2D eigenvalue weighted by Gasteiger charge is -2.43. The second-order valence-electron chi connectivity index (χ2n) is 16.3. The average molecular weight is 940 g/mol. The lowest BCUT2D eigenvalue weighted by Crippen LogP contribution is -2.55. The summed E-state index contributed by atoms with van der Waals surface area (Å²) >= 11 is 18.9. The number of rotatable bonds is 15. The summed E-state index contributed by atoms with van der Waals surface area (Å²) in [4.78, 5) is 97.4. The van der Waals surface area contributed by atoms with E-state index in [-0.39, 0.29) is 60.7 Å². The van der Waals surface area contributed by atoms with E-state index in [1.807, 2.05) is 19.9 Å². The largest absolute Gasteiger partial charge is 0.481 e. The Hall–Kier alpha value is -4.53. The fourth-order valence-corrected chi connectivity index (χ4v) is 7.77. The lowest BCUT2D eigenvalue weighted by molar-refractivity contribution is -0.178. The number of alkyl halides is 1. The van der Waals surface area contributed by atoms with Gasteiger partial charge in [-0.25, -0.2) is 9.59 Å². The fraction of sp³-hybridized carbons (Fsp3) is 0.565. The second-order valence-corrected chi connectivity index (χ2v) is 17.6. The summed E-state index contributed by atoms with van der Waals surface area (Å²) in [6, 6.07) is 14.1. The number of hydrogen-bond acceptors (Lipinski definition) is 11. The first-order chi connectivity index (χ1) is 29.5. The summed E-state index contributed by atoms with van der Waals surface area (Å²) in [5.74, 6) is -2.22. The molecule has 0 heterocycles. The highest BCUT2D eigenvalue weighted by Crippen LogP contribution is 2.44. The molecule has 4 rings (SSSR count). The van der Waals surface area contributed by atoms with E-state index in [4.69, 9.17) is 54.1 Å². The van der Waals surface area contributed by atoms with Crippen LogP contribution in [0.15, 0.2) is 48.5 Å². The molecule has 0 saturated heterocycles. The predicted octanol–water partition coefficient (Wildman–Crippen LogP) is 10.0. The van der Waals surface area contributed by atoms with Gasteiger partial charge in [0.2, 0.25) is 0 Å². The summed E-state index contributed by atoms with van der Waals surface area (Å²) in [6.07, 6.45) is 2.37. The molecule has 4 atom stereocenters. The molecule has 2 fully saturated rings. The second kappa shape index (κ2) is 25.7. The maximum atomic E-state index is 13.1. The van der Waals surface area contributed by atoms with Gasteiger partial charge in [0.25, 0.3) is 6.29 Å². The van der Waals surface area contributed by atoms with Crippen LogP contribution in [0.25, 0.3) is 0 Å². The number of carbonyl (C=O) groups excluding carboxylic acids is 7. The average Bonchev–Trinajstić information content (AvgIpc) is 3.22. The monoisotopic (exact) mass is 938 g/mol. The standard InChI is InChI=1S/C23H30ClNO6.C18H23Cl2NO3.C5H8O3/c1-15(2)21(30-20(28)13-12-16(3)26)31-22(29)25(4)23(14-8-7-11-19(23)27)17-9-5-6-10-18(17)24;1-12(2)16(20)24-17(23)21(3)18(11-7-6-10-15(18)22)13-8-4-5-9-14(13)19;1-4(6)2-3-5(7)8/h5-6,9-10,15,21H,7-8,11-14H2,1-4H3;4-5,8-9,12,16H,6-7,10-11H2,1-3H3;2-3H2,1H3,(H,7,8)/t21?,23-;16?,18-;/m00./s1. The number of nitrogens with zero attached hydrogens (tertiary/aromatic N) is 2. The van der Waals surface area contributed by atoms with Crippen molar-refractivity contribution in [1.82, 2.24) is 9.80 Å². The van der Waals surface area contributed by atoms with Crippen LogP contribution >= 0.6 is 34.8 Å². The van der Waals surface area contributed by atoms with Gasteiger partial charge in [0.15, 0.2) is 17.1 Å². The Labute approximate surface area is 385 Å². The molecular formula is C46H61Cl3N2O12. The molecule has 2 aromatic carbocycles. The van der Waals surface area contributed by atoms with Gasteiger partial charge in [0.05, 0.1) is 12.8 Å². The van der Waals surface area contributed by atoms with Crippen molar-refractivity contribution >= 4 is 82.1 Å². The van der Waals surface area contributed by atoms with Gasteiger partial charge in [-0.1, -0.05) is 98.9 Å². The topological polar surface area (TPSA) is 191 Å². The third kappa shape index (κ3) is 15.3. The van der Waals surface area contributed by atoms with Gasteiger partial charge >= 0.3 is 24.1 Å². The van der Waals surface area contributed by atoms with Crippen LogP contribution in [-0.4, -0.2) is 88.1 Å². The quantitative estimate of drug-likeness (QED) is 0.101. The van der Waals surface area contributed by atoms with E-state index in [2.05, 4.69) is 0 Å². The van der Waals surface area contributed by atoms with Crippen LogP contribution in [0.5, 0.6) is 0 Å². The first-order valence-corrected chi connectivity index (χ1v) is 22.2. The Balaban J connectivity index is 0.000000377. The van der Waals surface area contributed by atoms with Crippen molar-refractivity contribution in [2.75, 3.05) is 14.1 Å². The Kier molecular flexibility index (Phi) is 22.3. The van der Waals surface area contributed by atoms with Crippen molar-refractivity contribution in [2.24, 2.45) is 11.8 Å². The van der Waals surface area contributed by atoms with Crippen molar-refractivity contribution in [1.29, 1.82) is 0 Å². The van der Waals surface area contributed by atoms with Gasteiger partial charge in [0, 0.05) is 72.8 Å². The summed E-state index contributed by atoms with van der Waals surface area (Å²) in [6.45, 7) is 9.97. The summed E-state index contributed by atoms with van der Waals surface area (Å²) in [7, 11) is 3.09. The van der Waals surface area contributed by atoms with Gasteiger partial charge < -0.3 is 28.9 Å². The molecule has 0 spiro atoms. The Morgan fingerprint density at radius 3 is 1.40 bits per heavy atom. The molecule has 2 saturated carbocycles. The van der Waals surface area contributed by atoms with Crippen LogP contribution in [0, 0.1) is 11.8 Å². The third-order valence-corrected chi connectivity index (χ3v) is 12.0. The first-order valence-electron chi connectivity index (χ1n) is 21.0. The van der Waals surface area contributed by atoms with Gasteiger partial charge in [0.1, 0.15) is 22.6 Å². The van der Waals surface area contributed by atoms with Crippen LogP contribution in [0.1, 0.15) is 130 Å². The molecule has 2 amide bonds. The van der Waals surface area contributed by atoms with Crippen molar-refractivity contribution < 1.29 is 57.7 Å². The number of esters is 1. The number of Topliss-reactive ketones (excluding diaryl/α,β-unsaturated/α-hetero) is 4. The minimum absolute atomic E-state index is 0.0167. The van der Waals surface area contributed by atoms with Gasteiger partial charge in [-0.3, -0.25) is 29.0 Å². The van der Waals surface area contributed by atoms with Crippen LogP contribution in [0.4, 0.5) is 9.59 Å². The number of carbonyl (C=O) groups is 8. The molecule has 0 aliphatic heterocycles. The van der Waals surface area contributed by atoms with Gasteiger partial charge in [-0.15, -0.1) is 0 Å². The molecule has 14 nitrogen and oxygen atoms in total. The summed E-state index contributed by atoms with van der Waals surface area (Å²) in [5, 5.41) is 8.88. The Bertz CT molecular complexity index is 1930. The highest BCUT2D eigenvalue weighted by Gasteiger charge is 2.50. The number of ether oxygens (including phenoxy) is 3. The molecule has 0 bridgehead atoms. The van der Waals surface area contributed by atoms with E-state index in [0.717, 1.165) is 25.7 Å². The number of hydrogen-bond donors (Lipinski definition) is 1. The number of carboxylic acids is 1. The lowest BCUT2D eigenvalue weighted by atomic mass is 9.74. The highest BCUT2D eigenvalue weighted by molar-refractivity contribution is 6.32. The van der Waals surface area contributed by atoms with Crippen LogP contribution in [-0.2, 0) is 54.1 Å². The molecule has 2 aliphatic rings. The predicted molar refractivity (Wildman–Crippen MR) is 238 cm³/mol. The molecule has 2 unspecified atom stereocenters. The maximum absolute atomic E-state index is 13.1. The van der Waals surface area contributed by atoms with Gasteiger partial charge in [-0.05, 0) is 64.5 Å². The van der Waals surface area contributed by atoms with Crippen LogP contribution in [0.3, 0.4) is 0 Å². The number of carboxylic acid groups (broad SMARTS) is 1. The molecule has 348 valence electrons. The highest BCUT2D eigenvalue weighted by atomic mass is 35.5. The van der Waals surface area contributed by atoms with Gasteiger partial charge in [-0.2, -0.15) is 0 Å². The normalized spacial score (nSPS) is 19.3. The third-order valence-electron chi connectivity index (χ3n) is 10.8. The van der Waals surface area contributed by atoms with Crippen molar-refractivity contribution in [3.8, 4) is 0 Å². The minimum Gasteiger partial charge on any atom is -0.481 e. The number of benzene rings is 2. The van der Waals surface area contributed by atoms with E-state index in [1.54, 1.807) is 63.4 Å². The maximum Gasteiger partial charge on any atom is 0.413 e. The molecule has 0 aromatic heterocycles. The number of aliphatic carboxylic acids is 1. The Morgan fingerprint density at radius 1 is 0.635 bits per heavy atom. The fourth-order valence-electron chi connectivity index (χ4n) is 7.11. The van der Waals surface area contributed by atoms with Crippen LogP contribution < -0.4 is 0 Å². The number of likely N-dealkylation sites (N-methyl/N-ethyl adjacent to an activating group) is 2. The smallest absolute Gasteiger partial charge is 0.413 e. The number of ketones is 4. The molecule has 17 heteroatoms. The SMILES string of the molecule is CC(=O)CCC(=O)O.CC(=O)CCC(=O)OC(OC(=O)N(C)[C@]1(c2ccccc2Cl)CCCCC1=O)C(C)C.CC(C)C(Cl)OC(=O)N(C)[C@]1(c2ccccc2Cl)CCCCC1=O. The van der Waals surface area contributed by atoms with E-state index in [1.165, 1.54) is 30.7 Å². The minimum atomic E-state index is -1.24. The van der Waals surface area contributed by atoms with Crippen molar-refractivity contribution in [3.63, 3.8) is 0 Å². The molecule has 63 heavy (non-hydrogen) atoms. The van der Waals surface area contributed by atoms with Crippen molar-refractivity contribution in [2.45, 2.75) is 142 Å². The van der Waals surface area contributed by atoms with Crippen LogP contribution in [0.2, 0.25) is 10.0 Å². The zero-order valence-electron chi connectivity index (χ0n) is 37.4. The van der Waals surface area contributed by atoms with E-state index in [9.17, 15) is 38.4 Å². The summed E-state index contributed by atoms with van der Waals surface area (Å²) < 4.78 is 16.1. The van der Waals surface area contributed by atoms with E-state index < -0.39 is 47.1 Å². The first kappa shape index (κ1) is 54.6. The molecule has 0 radical (unpaired) electrons. The molecule has 1 N–H and O–H groups in total. The molecule has 2 aliphatic carbocycles. The zero-order chi connectivity index (χ0) is 47.7. The zero-order valence-corrected chi connectivity index (χ0v) is 39.6. The number of halogens is 3. The molecular weight excluding hydrogens is 879 g/mol. The van der Waals surface area contributed by atoms with E-state index in [0.29, 0.717) is 46.9 Å². The number of amides is 2.